The highest BCUT2D eigenvalue weighted by atomic mass is 79.9. The number of halogens is 1. The zero-order chi connectivity index (χ0) is 17.3. The SMILES string of the molecule is O=[N+]([O-])c1cnn(CN2CCN(S(=O)(=O)c3ccc(Br)s3)CC2)c1. The number of sulfonamides is 1. The summed E-state index contributed by atoms with van der Waals surface area (Å²) in [4.78, 5) is 12.2. The zero-order valence-electron chi connectivity index (χ0n) is 12.4. The van der Waals surface area contributed by atoms with Crippen molar-refractivity contribution in [3.63, 3.8) is 0 Å². The standard InChI is InChI=1S/C12H14BrN5O4S2/c13-11-1-2-12(23-11)24(21,22)17-5-3-15(4-6-17)9-16-8-10(7-14-16)18(19)20/h1-2,7-8H,3-6,9H2. The molecule has 0 atom stereocenters. The average molecular weight is 436 g/mol. The molecule has 130 valence electrons. The number of hydrogen-bond acceptors (Lipinski definition) is 7. The Bertz CT molecular complexity index is 841. The number of piperazine rings is 1. The second kappa shape index (κ2) is 6.88. The van der Waals surface area contributed by atoms with Gasteiger partial charge >= 0.3 is 5.69 Å². The average Bonchev–Trinajstić information content (AvgIpc) is 3.17. The summed E-state index contributed by atoms with van der Waals surface area (Å²) in [7, 11) is -3.46. The summed E-state index contributed by atoms with van der Waals surface area (Å²) in [5, 5.41) is 14.6. The highest BCUT2D eigenvalue weighted by Crippen LogP contribution is 2.28. The molecule has 24 heavy (non-hydrogen) atoms. The fourth-order valence-electron chi connectivity index (χ4n) is 2.40. The predicted molar refractivity (Wildman–Crippen MR) is 91.2 cm³/mol. The Morgan fingerprint density at radius 3 is 2.54 bits per heavy atom. The second-order valence-electron chi connectivity index (χ2n) is 5.22. The van der Waals surface area contributed by atoms with Crippen LogP contribution in [0.3, 0.4) is 0 Å². The lowest BCUT2D eigenvalue weighted by Crippen LogP contribution is -2.48. The summed E-state index contributed by atoms with van der Waals surface area (Å²) in [6, 6.07) is 3.32. The Hall–Kier alpha value is -1.34. The molecule has 0 radical (unpaired) electrons. The van der Waals surface area contributed by atoms with Crippen molar-refractivity contribution in [2.24, 2.45) is 0 Å². The summed E-state index contributed by atoms with van der Waals surface area (Å²) in [5.74, 6) is 0. The van der Waals surface area contributed by atoms with Crippen molar-refractivity contribution in [3.05, 3.63) is 38.4 Å². The van der Waals surface area contributed by atoms with E-state index in [9.17, 15) is 18.5 Å². The van der Waals surface area contributed by atoms with Crippen LogP contribution in [-0.2, 0) is 16.7 Å². The molecule has 1 fully saturated rings. The maximum Gasteiger partial charge on any atom is 0.307 e. The maximum atomic E-state index is 12.5. The van der Waals surface area contributed by atoms with Crippen LogP contribution in [0, 0.1) is 10.1 Å². The fraction of sp³-hybridized carbons (Fsp3) is 0.417. The lowest BCUT2D eigenvalue weighted by molar-refractivity contribution is -0.385. The van der Waals surface area contributed by atoms with Gasteiger partial charge in [-0.05, 0) is 28.1 Å². The molecule has 0 unspecified atom stereocenters. The molecule has 2 aromatic heterocycles. The van der Waals surface area contributed by atoms with Gasteiger partial charge in [0.2, 0.25) is 0 Å². The van der Waals surface area contributed by atoms with Gasteiger partial charge in [0.05, 0.1) is 15.4 Å². The minimum absolute atomic E-state index is 0.0560. The van der Waals surface area contributed by atoms with Gasteiger partial charge in [0.15, 0.2) is 0 Å². The molecule has 3 heterocycles. The summed E-state index contributed by atoms with van der Waals surface area (Å²) in [6.45, 7) is 2.23. The largest absolute Gasteiger partial charge is 0.307 e. The van der Waals surface area contributed by atoms with Crippen molar-refractivity contribution in [1.29, 1.82) is 0 Å². The van der Waals surface area contributed by atoms with E-state index in [-0.39, 0.29) is 5.69 Å². The lowest BCUT2D eigenvalue weighted by atomic mass is 10.4. The highest BCUT2D eigenvalue weighted by Gasteiger charge is 2.29. The molecule has 12 heteroatoms. The summed E-state index contributed by atoms with van der Waals surface area (Å²) < 4.78 is 29.1. The Kier molecular flexibility index (Phi) is 5.01. The molecule has 0 saturated carbocycles. The van der Waals surface area contributed by atoms with E-state index in [0.29, 0.717) is 37.1 Å². The van der Waals surface area contributed by atoms with Crippen LogP contribution < -0.4 is 0 Å². The Morgan fingerprint density at radius 1 is 1.29 bits per heavy atom. The van der Waals surface area contributed by atoms with Crippen LogP contribution >= 0.6 is 27.3 Å². The van der Waals surface area contributed by atoms with Crippen LogP contribution in [0.15, 0.2) is 32.5 Å². The zero-order valence-corrected chi connectivity index (χ0v) is 15.6. The molecule has 0 N–H and O–H groups in total. The molecule has 1 saturated heterocycles. The number of aromatic nitrogens is 2. The molecule has 0 amide bonds. The van der Waals surface area contributed by atoms with Crippen molar-refractivity contribution >= 4 is 43.0 Å². The van der Waals surface area contributed by atoms with Crippen LogP contribution in [0.4, 0.5) is 5.69 Å². The minimum Gasteiger partial charge on any atom is -0.282 e. The van der Waals surface area contributed by atoms with Gasteiger partial charge in [0.25, 0.3) is 10.0 Å². The molecule has 3 rings (SSSR count). The predicted octanol–water partition coefficient (Wildman–Crippen LogP) is 1.58. The van der Waals surface area contributed by atoms with Gasteiger partial charge in [0, 0.05) is 26.2 Å². The quantitative estimate of drug-likeness (QED) is 0.521. The third kappa shape index (κ3) is 3.67. The number of thiophene rings is 1. The number of hydrogen-bond donors (Lipinski definition) is 0. The topological polar surface area (TPSA) is 102 Å². The van der Waals surface area contributed by atoms with E-state index in [4.69, 9.17) is 0 Å². The fourth-order valence-corrected chi connectivity index (χ4v) is 5.99. The van der Waals surface area contributed by atoms with E-state index in [1.54, 1.807) is 12.1 Å². The van der Waals surface area contributed by atoms with E-state index in [1.807, 2.05) is 4.90 Å². The van der Waals surface area contributed by atoms with E-state index < -0.39 is 14.9 Å². The van der Waals surface area contributed by atoms with Crippen LogP contribution in [0.25, 0.3) is 0 Å². The van der Waals surface area contributed by atoms with E-state index in [1.165, 1.54) is 32.7 Å². The monoisotopic (exact) mass is 435 g/mol. The molecule has 0 spiro atoms. The Morgan fingerprint density at radius 2 is 2.00 bits per heavy atom. The van der Waals surface area contributed by atoms with Gasteiger partial charge in [-0.2, -0.15) is 9.40 Å². The second-order valence-corrected chi connectivity index (χ2v) is 9.84. The maximum absolute atomic E-state index is 12.5. The first kappa shape index (κ1) is 17.5. The third-order valence-electron chi connectivity index (χ3n) is 3.65. The van der Waals surface area contributed by atoms with E-state index in [2.05, 4.69) is 21.0 Å². The number of nitrogens with zero attached hydrogens (tertiary/aromatic N) is 5. The third-order valence-corrected chi connectivity index (χ3v) is 7.64. The van der Waals surface area contributed by atoms with Gasteiger partial charge < -0.3 is 0 Å². The van der Waals surface area contributed by atoms with Gasteiger partial charge in [-0.15, -0.1) is 11.3 Å². The van der Waals surface area contributed by atoms with Crippen LogP contribution in [-0.4, -0.2) is 58.5 Å². The molecular weight excluding hydrogens is 422 g/mol. The summed E-state index contributed by atoms with van der Waals surface area (Å²) in [5.41, 5.74) is -0.0560. The van der Waals surface area contributed by atoms with Crippen molar-refractivity contribution in [1.82, 2.24) is 19.0 Å². The smallest absolute Gasteiger partial charge is 0.282 e. The van der Waals surface area contributed by atoms with Gasteiger partial charge in [-0.25, -0.2) is 8.42 Å². The van der Waals surface area contributed by atoms with E-state index in [0.717, 1.165) is 3.79 Å². The Labute approximate surface area is 150 Å². The minimum atomic E-state index is -3.46. The molecule has 1 aliphatic heterocycles. The lowest BCUT2D eigenvalue weighted by Gasteiger charge is -2.33. The molecule has 0 bridgehead atoms. The Balaban J connectivity index is 1.60. The first-order valence-electron chi connectivity index (χ1n) is 7.01. The van der Waals surface area contributed by atoms with Gasteiger partial charge in [-0.3, -0.25) is 19.7 Å². The molecule has 0 aliphatic carbocycles. The number of nitro groups is 1. The van der Waals surface area contributed by atoms with Crippen molar-refractivity contribution in [2.45, 2.75) is 10.9 Å². The molecule has 0 aromatic carbocycles. The molecular formula is C12H14BrN5O4S2. The van der Waals surface area contributed by atoms with Crippen molar-refractivity contribution in [3.8, 4) is 0 Å². The van der Waals surface area contributed by atoms with Crippen molar-refractivity contribution in [2.75, 3.05) is 26.2 Å². The highest BCUT2D eigenvalue weighted by molar-refractivity contribution is 9.11. The number of rotatable bonds is 5. The van der Waals surface area contributed by atoms with Crippen LogP contribution in [0.5, 0.6) is 0 Å². The molecule has 1 aliphatic rings. The van der Waals surface area contributed by atoms with Gasteiger partial charge in [0.1, 0.15) is 16.6 Å². The molecule has 9 nitrogen and oxygen atoms in total. The normalized spacial score (nSPS) is 17.2. The first-order chi connectivity index (χ1) is 11.4. The van der Waals surface area contributed by atoms with Crippen molar-refractivity contribution < 1.29 is 13.3 Å². The van der Waals surface area contributed by atoms with Gasteiger partial charge in [-0.1, -0.05) is 0 Å². The summed E-state index contributed by atoms with van der Waals surface area (Å²) in [6.07, 6.45) is 2.57. The summed E-state index contributed by atoms with van der Waals surface area (Å²) >= 11 is 4.47. The first-order valence-corrected chi connectivity index (χ1v) is 10.1. The van der Waals surface area contributed by atoms with Crippen LogP contribution in [0.1, 0.15) is 0 Å². The molecule has 2 aromatic rings. The van der Waals surface area contributed by atoms with E-state index >= 15 is 0 Å². The van der Waals surface area contributed by atoms with Crippen LogP contribution in [0.2, 0.25) is 0 Å².